The van der Waals surface area contributed by atoms with Gasteiger partial charge in [0.15, 0.2) is 0 Å². The van der Waals surface area contributed by atoms with E-state index >= 15 is 0 Å². The van der Waals surface area contributed by atoms with Gasteiger partial charge in [-0.2, -0.15) is 11.8 Å². The number of primary amides is 1. The lowest BCUT2D eigenvalue weighted by molar-refractivity contribution is -0.144. The molecule has 0 saturated carbocycles. The zero-order valence-corrected chi connectivity index (χ0v) is 25.0. The number of carboxylic acids is 1. The van der Waals surface area contributed by atoms with Gasteiger partial charge in [0.05, 0.1) is 12.5 Å². The first kappa shape index (κ1) is 36.1. The Bertz CT molecular complexity index is 921. The maximum absolute atomic E-state index is 13.6. The molecule has 0 aromatic carbocycles. The molecule has 1 saturated heterocycles. The van der Waals surface area contributed by atoms with Crippen LogP contribution in [0.15, 0.2) is 0 Å². The third-order valence-electron chi connectivity index (χ3n) is 6.73. The molecule has 1 rings (SSSR count). The Kier molecular flexibility index (Phi) is 16.3. The molecule has 0 aromatic rings. The first-order chi connectivity index (χ1) is 19.3. The number of nitrogens with two attached hydrogens (primary N) is 3. The van der Waals surface area contributed by atoms with Crippen molar-refractivity contribution in [3.8, 4) is 0 Å². The molecule has 14 nitrogen and oxygen atoms in total. The van der Waals surface area contributed by atoms with Gasteiger partial charge in [-0.05, 0) is 69.4 Å². The fourth-order valence-corrected chi connectivity index (χ4v) is 5.06. The number of likely N-dealkylation sites (tertiary alicyclic amines) is 1. The molecular weight excluding hydrogens is 554 g/mol. The Morgan fingerprint density at radius 1 is 0.976 bits per heavy atom. The number of carbonyl (C=O) groups excluding carboxylic acids is 5. The molecule has 0 bridgehead atoms. The van der Waals surface area contributed by atoms with Crippen LogP contribution < -0.4 is 33.2 Å². The number of rotatable bonds is 19. The van der Waals surface area contributed by atoms with Crippen LogP contribution in [-0.4, -0.2) is 101 Å². The number of aliphatic carboxylic acids is 1. The molecule has 0 spiro atoms. The van der Waals surface area contributed by atoms with E-state index in [0.717, 1.165) is 0 Å². The lowest BCUT2D eigenvalue weighted by atomic mass is 10.0. The van der Waals surface area contributed by atoms with Crippen LogP contribution >= 0.6 is 11.8 Å². The van der Waals surface area contributed by atoms with Crippen molar-refractivity contribution in [2.45, 2.75) is 95.4 Å². The molecule has 0 aliphatic carbocycles. The zero-order chi connectivity index (χ0) is 31.1. The van der Waals surface area contributed by atoms with Gasteiger partial charge in [-0.3, -0.25) is 24.0 Å². The van der Waals surface area contributed by atoms with E-state index in [1.165, 1.54) is 16.7 Å². The Morgan fingerprint density at radius 3 is 2.20 bits per heavy atom. The predicted molar refractivity (Wildman–Crippen MR) is 155 cm³/mol. The number of hydrogen-bond donors (Lipinski definition) is 7. The summed E-state index contributed by atoms with van der Waals surface area (Å²) in [4.78, 5) is 77.1. The van der Waals surface area contributed by atoms with Crippen LogP contribution in [-0.2, 0) is 28.8 Å². The summed E-state index contributed by atoms with van der Waals surface area (Å²) in [5.41, 5.74) is 16.9. The Morgan fingerprint density at radius 2 is 1.63 bits per heavy atom. The highest BCUT2D eigenvalue weighted by Gasteiger charge is 2.39. The van der Waals surface area contributed by atoms with Crippen molar-refractivity contribution < 1.29 is 33.9 Å². The largest absolute Gasteiger partial charge is 0.480 e. The molecule has 41 heavy (non-hydrogen) atoms. The van der Waals surface area contributed by atoms with Gasteiger partial charge in [0.1, 0.15) is 24.2 Å². The third-order valence-corrected chi connectivity index (χ3v) is 7.37. The molecule has 5 atom stereocenters. The Labute approximate surface area is 245 Å². The highest BCUT2D eigenvalue weighted by atomic mass is 32.2. The summed E-state index contributed by atoms with van der Waals surface area (Å²) in [6.07, 6.45) is 4.13. The van der Waals surface area contributed by atoms with Crippen LogP contribution in [0.2, 0.25) is 0 Å². The average Bonchev–Trinajstić information content (AvgIpc) is 3.39. The maximum Gasteiger partial charge on any atom is 0.326 e. The predicted octanol–water partition coefficient (Wildman–Crippen LogP) is -1.35. The van der Waals surface area contributed by atoms with Crippen molar-refractivity contribution >= 4 is 47.3 Å². The molecule has 15 heteroatoms. The first-order valence-electron chi connectivity index (χ1n) is 14.0. The number of carboxylic acid groups (broad SMARTS) is 1. The normalized spacial score (nSPS) is 17.8. The van der Waals surface area contributed by atoms with Gasteiger partial charge in [-0.1, -0.05) is 13.8 Å². The van der Waals surface area contributed by atoms with Gasteiger partial charge in [-0.25, -0.2) is 4.79 Å². The fourth-order valence-electron chi connectivity index (χ4n) is 4.59. The van der Waals surface area contributed by atoms with E-state index < -0.39 is 72.1 Å². The first-order valence-corrected chi connectivity index (χ1v) is 15.4. The second-order valence-electron chi connectivity index (χ2n) is 10.7. The van der Waals surface area contributed by atoms with E-state index in [2.05, 4.69) is 16.0 Å². The topological polar surface area (TPSA) is 240 Å². The lowest BCUT2D eigenvalue weighted by Gasteiger charge is -2.30. The number of nitrogens with one attached hydrogen (secondary N) is 3. The minimum atomic E-state index is -1.43. The SMILES string of the molecule is CSCCC(NC(=O)C(CC(N)=O)NC(=O)C1CCCN1C(=O)C(CCCCN)NC(=O)C(N)CC(C)C)C(=O)O. The minimum absolute atomic E-state index is 0.141. The summed E-state index contributed by atoms with van der Waals surface area (Å²) in [5, 5.41) is 17.0. The van der Waals surface area contributed by atoms with Crippen molar-refractivity contribution in [1.29, 1.82) is 0 Å². The number of hydrogen-bond acceptors (Lipinski definition) is 9. The van der Waals surface area contributed by atoms with E-state index in [-0.39, 0.29) is 18.9 Å². The fraction of sp³-hybridized carbons (Fsp3) is 0.769. The molecule has 1 heterocycles. The summed E-state index contributed by atoms with van der Waals surface area (Å²) < 4.78 is 0. The van der Waals surface area contributed by atoms with E-state index in [0.29, 0.717) is 50.8 Å². The van der Waals surface area contributed by atoms with Crippen LogP contribution in [0, 0.1) is 5.92 Å². The lowest BCUT2D eigenvalue weighted by Crippen LogP contribution is -2.58. The second-order valence-corrected chi connectivity index (χ2v) is 11.7. The Hall–Kier alpha value is -2.91. The molecule has 5 unspecified atom stereocenters. The number of nitrogens with zero attached hydrogens (tertiary/aromatic N) is 1. The molecular formula is C26H47N7O7S. The van der Waals surface area contributed by atoms with Crippen LogP contribution in [0.1, 0.15) is 65.2 Å². The molecule has 234 valence electrons. The standard InChI is InChI=1S/C26H47N7O7S/c1-15(2)13-16(28)22(35)30-17(7-4-5-10-27)25(38)33-11-6-8-20(33)24(37)32-19(14-21(29)34)23(36)31-18(26(39)40)9-12-41-3/h15-20H,4-14,27-28H2,1-3H3,(H2,29,34)(H,30,35)(H,31,36)(H,32,37)(H,39,40). The number of thioether (sulfide) groups is 1. The third kappa shape index (κ3) is 12.6. The van der Waals surface area contributed by atoms with Crippen molar-refractivity contribution in [3.63, 3.8) is 0 Å². The molecule has 10 N–H and O–H groups in total. The van der Waals surface area contributed by atoms with Gasteiger partial charge >= 0.3 is 5.97 Å². The number of unbranched alkanes of at least 4 members (excludes halogenated alkanes) is 1. The van der Waals surface area contributed by atoms with Crippen LogP contribution in [0.4, 0.5) is 0 Å². The quantitative estimate of drug-likeness (QED) is 0.0858. The van der Waals surface area contributed by atoms with Gasteiger partial charge in [0, 0.05) is 6.54 Å². The molecule has 5 amide bonds. The van der Waals surface area contributed by atoms with Crippen molar-refractivity contribution in [1.82, 2.24) is 20.9 Å². The minimum Gasteiger partial charge on any atom is -0.480 e. The van der Waals surface area contributed by atoms with Crippen molar-refractivity contribution in [2.75, 3.05) is 25.1 Å². The summed E-state index contributed by atoms with van der Waals surface area (Å²) in [7, 11) is 0. The van der Waals surface area contributed by atoms with Crippen molar-refractivity contribution in [3.05, 3.63) is 0 Å². The van der Waals surface area contributed by atoms with E-state index in [1.54, 1.807) is 6.26 Å². The number of carbonyl (C=O) groups is 6. The molecule has 1 aliphatic rings. The van der Waals surface area contributed by atoms with E-state index in [1.807, 2.05) is 13.8 Å². The van der Waals surface area contributed by atoms with E-state index in [4.69, 9.17) is 17.2 Å². The smallest absolute Gasteiger partial charge is 0.326 e. The molecule has 0 aromatic heterocycles. The van der Waals surface area contributed by atoms with Gasteiger partial charge in [-0.15, -0.1) is 0 Å². The van der Waals surface area contributed by atoms with Crippen LogP contribution in [0.3, 0.4) is 0 Å². The number of amides is 5. The van der Waals surface area contributed by atoms with Crippen LogP contribution in [0.5, 0.6) is 0 Å². The van der Waals surface area contributed by atoms with Gasteiger partial charge in [0.2, 0.25) is 29.5 Å². The molecule has 1 fully saturated rings. The zero-order valence-electron chi connectivity index (χ0n) is 24.2. The summed E-state index contributed by atoms with van der Waals surface area (Å²) >= 11 is 1.40. The summed E-state index contributed by atoms with van der Waals surface area (Å²) in [6.45, 7) is 4.53. The molecule has 0 radical (unpaired) electrons. The molecule has 1 aliphatic heterocycles. The van der Waals surface area contributed by atoms with Crippen LogP contribution in [0.25, 0.3) is 0 Å². The van der Waals surface area contributed by atoms with E-state index in [9.17, 15) is 33.9 Å². The average molecular weight is 602 g/mol. The summed E-state index contributed by atoms with van der Waals surface area (Å²) in [5.74, 6) is -3.95. The Balaban J connectivity index is 3.06. The van der Waals surface area contributed by atoms with Crippen molar-refractivity contribution in [2.24, 2.45) is 23.1 Å². The maximum atomic E-state index is 13.6. The van der Waals surface area contributed by atoms with Gasteiger partial charge < -0.3 is 43.2 Å². The van der Waals surface area contributed by atoms with Gasteiger partial charge in [0.25, 0.3) is 0 Å². The highest BCUT2D eigenvalue weighted by Crippen LogP contribution is 2.20. The highest BCUT2D eigenvalue weighted by molar-refractivity contribution is 7.98. The monoisotopic (exact) mass is 601 g/mol. The second kappa shape index (κ2) is 18.5. The summed E-state index contributed by atoms with van der Waals surface area (Å²) in [6, 6.07) is -5.32.